The summed E-state index contributed by atoms with van der Waals surface area (Å²) in [5.41, 5.74) is 2.13. The quantitative estimate of drug-likeness (QED) is 0.930. The Morgan fingerprint density at radius 3 is 2.95 bits per heavy atom. The van der Waals surface area contributed by atoms with Gasteiger partial charge in [0.05, 0.1) is 0 Å². The van der Waals surface area contributed by atoms with E-state index in [4.69, 9.17) is 4.74 Å². The monoisotopic (exact) mass is 269 g/mol. The molecule has 1 aliphatic rings. The number of hydrogen-bond acceptors (Lipinski definition) is 4. The van der Waals surface area contributed by atoms with Crippen LogP contribution in [0.2, 0.25) is 0 Å². The Kier molecular flexibility index (Phi) is 3.92. The lowest BCUT2D eigenvalue weighted by Gasteiger charge is -2.23. The predicted octanol–water partition coefficient (Wildman–Crippen LogP) is 3.04. The molecule has 1 aromatic carbocycles. The smallest absolute Gasteiger partial charge is 0.241 e. The fourth-order valence-electron chi connectivity index (χ4n) is 2.57. The molecule has 2 heterocycles. The third-order valence-electron chi connectivity index (χ3n) is 3.58. The maximum Gasteiger partial charge on any atom is 0.241 e. The zero-order chi connectivity index (χ0) is 13.8. The standard InChI is InChI=1S/C16H19N3O/c1-12-4-2-6-14(10-12)20-16-15(18-8-9-19-16)13-5-3-7-17-11-13/h2,4,6,8-10,13,17H,3,5,7,11H2,1H3. The lowest BCUT2D eigenvalue weighted by Crippen LogP contribution is -2.29. The summed E-state index contributed by atoms with van der Waals surface area (Å²) in [6.45, 7) is 4.09. The maximum absolute atomic E-state index is 5.94. The van der Waals surface area contributed by atoms with Gasteiger partial charge in [0.25, 0.3) is 0 Å². The van der Waals surface area contributed by atoms with Crippen molar-refractivity contribution in [1.29, 1.82) is 0 Å². The van der Waals surface area contributed by atoms with E-state index >= 15 is 0 Å². The Labute approximate surface area is 119 Å². The van der Waals surface area contributed by atoms with Crippen molar-refractivity contribution in [3.8, 4) is 11.6 Å². The average molecular weight is 269 g/mol. The van der Waals surface area contributed by atoms with Crippen LogP contribution in [0.15, 0.2) is 36.7 Å². The highest BCUT2D eigenvalue weighted by Gasteiger charge is 2.21. The van der Waals surface area contributed by atoms with Crippen molar-refractivity contribution >= 4 is 0 Å². The number of piperidine rings is 1. The highest BCUT2D eigenvalue weighted by Crippen LogP contribution is 2.30. The Morgan fingerprint density at radius 2 is 2.15 bits per heavy atom. The molecular formula is C16H19N3O. The van der Waals surface area contributed by atoms with Gasteiger partial charge in [-0.05, 0) is 44.0 Å². The van der Waals surface area contributed by atoms with Crippen LogP contribution in [-0.4, -0.2) is 23.1 Å². The van der Waals surface area contributed by atoms with E-state index in [-0.39, 0.29) is 0 Å². The summed E-state index contributed by atoms with van der Waals surface area (Å²) in [5.74, 6) is 1.83. The summed E-state index contributed by atoms with van der Waals surface area (Å²) in [7, 11) is 0. The van der Waals surface area contributed by atoms with Crippen molar-refractivity contribution in [2.24, 2.45) is 0 Å². The lowest BCUT2D eigenvalue weighted by atomic mass is 9.96. The molecule has 1 N–H and O–H groups in total. The van der Waals surface area contributed by atoms with E-state index in [1.807, 2.05) is 18.2 Å². The molecule has 1 fully saturated rings. The van der Waals surface area contributed by atoms with Gasteiger partial charge in [-0.2, -0.15) is 0 Å². The third-order valence-corrected chi connectivity index (χ3v) is 3.58. The van der Waals surface area contributed by atoms with Gasteiger partial charge in [-0.15, -0.1) is 0 Å². The SMILES string of the molecule is Cc1cccc(Oc2nccnc2C2CCCNC2)c1. The van der Waals surface area contributed by atoms with Gasteiger partial charge in [0.2, 0.25) is 5.88 Å². The molecule has 20 heavy (non-hydrogen) atoms. The molecule has 3 rings (SSSR count). The summed E-state index contributed by atoms with van der Waals surface area (Å²) >= 11 is 0. The molecule has 0 spiro atoms. The normalized spacial score (nSPS) is 18.8. The average Bonchev–Trinajstić information content (AvgIpc) is 2.49. The fraction of sp³-hybridized carbons (Fsp3) is 0.375. The minimum atomic E-state index is 0.386. The van der Waals surface area contributed by atoms with E-state index in [9.17, 15) is 0 Å². The Morgan fingerprint density at radius 1 is 1.25 bits per heavy atom. The van der Waals surface area contributed by atoms with Crippen LogP contribution in [0, 0.1) is 6.92 Å². The first-order valence-corrected chi connectivity index (χ1v) is 7.09. The van der Waals surface area contributed by atoms with Crippen LogP contribution >= 0.6 is 0 Å². The molecule has 2 aromatic rings. The van der Waals surface area contributed by atoms with E-state index in [0.29, 0.717) is 11.8 Å². The van der Waals surface area contributed by atoms with E-state index in [2.05, 4.69) is 28.3 Å². The van der Waals surface area contributed by atoms with Crippen molar-refractivity contribution < 1.29 is 4.74 Å². The number of hydrogen-bond donors (Lipinski definition) is 1. The van der Waals surface area contributed by atoms with Gasteiger partial charge in [0.15, 0.2) is 0 Å². The molecule has 4 heteroatoms. The van der Waals surface area contributed by atoms with Crippen molar-refractivity contribution in [2.75, 3.05) is 13.1 Å². The zero-order valence-corrected chi connectivity index (χ0v) is 11.7. The van der Waals surface area contributed by atoms with E-state index < -0.39 is 0 Å². The Balaban J connectivity index is 1.85. The van der Waals surface area contributed by atoms with Crippen LogP contribution in [0.4, 0.5) is 0 Å². The van der Waals surface area contributed by atoms with Crippen LogP contribution in [0.25, 0.3) is 0 Å². The summed E-state index contributed by atoms with van der Waals surface area (Å²) in [4.78, 5) is 8.86. The first-order valence-electron chi connectivity index (χ1n) is 7.09. The van der Waals surface area contributed by atoms with Crippen LogP contribution < -0.4 is 10.1 Å². The molecule has 4 nitrogen and oxygen atoms in total. The van der Waals surface area contributed by atoms with Crippen molar-refractivity contribution in [1.82, 2.24) is 15.3 Å². The second kappa shape index (κ2) is 6.01. The number of rotatable bonds is 3. The topological polar surface area (TPSA) is 47.0 Å². The van der Waals surface area contributed by atoms with Crippen molar-refractivity contribution in [3.63, 3.8) is 0 Å². The molecule has 0 aliphatic carbocycles. The summed E-state index contributed by atoms with van der Waals surface area (Å²) in [6, 6.07) is 8.00. The van der Waals surface area contributed by atoms with Crippen LogP contribution in [0.1, 0.15) is 30.0 Å². The number of aryl methyl sites for hydroxylation is 1. The van der Waals surface area contributed by atoms with Gasteiger partial charge in [0.1, 0.15) is 11.4 Å². The van der Waals surface area contributed by atoms with Crippen LogP contribution in [0.3, 0.4) is 0 Å². The van der Waals surface area contributed by atoms with Crippen molar-refractivity contribution in [3.05, 3.63) is 47.9 Å². The second-order valence-corrected chi connectivity index (χ2v) is 5.21. The molecule has 1 unspecified atom stereocenters. The second-order valence-electron chi connectivity index (χ2n) is 5.21. The number of benzene rings is 1. The Bertz CT molecular complexity index is 579. The number of ether oxygens (including phenoxy) is 1. The van der Waals surface area contributed by atoms with Gasteiger partial charge in [0, 0.05) is 24.9 Å². The van der Waals surface area contributed by atoms with E-state index in [0.717, 1.165) is 31.0 Å². The summed E-state index contributed by atoms with van der Waals surface area (Å²) in [5, 5.41) is 3.41. The molecule has 0 amide bonds. The molecule has 1 atom stereocenters. The highest BCUT2D eigenvalue weighted by atomic mass is 16.5. The largest absolute Gasteiger partial charge is 0.437 e. The molecular weight excluding hydrogens is 250 g/mol. The molecule has 1 aliphatic heterocycles. The third kappa shape index (κ3) is 2.96. The fourth-order valence-corrected chi connectivity index (χ4v) is 2.57. The molecule has 0 bridgehead atoms. The summed E-state index contributed by atoms with van der Waals surface area (Å²) in [6.07, 6.45) is 5.74. The first-order chi connectivity index (χ1) is 9.83. The Hall–Kier alpha value is -1.94. The number of aromatic nitrogens is 2. The molecule has 1 saturated heterocycles. The molecule has 104 valence electrons. The van der Waals surface area contributed by atoms with Gasteiger partial charge in [-0.3, -0.25) is 4.98 Å². The molecule has 0 saturated carbocycles. The first kappa shape index (κ1) is 13.1. The lowest BCUT2D eigenvalue weighted by molar-refractivity contribution is 0.411. The molecule has 0 radical (unpaired) electrons. The summed E-state index contributed by atoms with van der Waals surface area (Å²) < 4.78 is 5.94. The minimum absolute atomic E-state index is 0.386. The highest BCUT2D eigenvalue weighted by molar-refractivity contribution is 5.33. The zero-order valence-electron chi connectivity index (χ0n) is 11.7. The number of nitrogens with zero attached hydrogens (tertiary/aromatic N) is 2. The van der Waals surface area contributed by atoms with Gasteiger partial charge in [-0.1, -0.05) is 12.1 Å². The van der Waals surface area contributed by atoms with Crippen LogP contribution in [0.5, 0.6) is 11.6 Å². The minimum Gasteiger partial charge on any atom is -0.437 e. The van der Waals surface area contributed by atoms with Crippen molar-refractivity contribution in [2.45, 2.75) is 25.7 Å². The maximum atomic E-state index is 5.94. The van der Waals surface area contributed by atoms with Gasteiger partial charge < -0.3 is 10.1 Å². The number of nitrogens with one attached hydrogen (secondary N) is 1. The van der Waals surface area contributed by atoms with Gasteiger partial charge >= 0.3 is 0 Å². The van der Waals surface area contributed by atoms with E-state index in [1.54, 1.807) is 12.4 Å². The predicted molar refractivity (Wildman–Crippen MR) is 78.1 cm³/mol. The van der Waals surface area contributed by atoms with Crippen LogP contribution in [-0.2, 0) is 0 Å². The van der Waals surface area contributed by atoms with E-state index in [1.165, 1.54) is 12.0 Å². The molecule has 1 aromatic heterocycles. The van der Waals surface area contributed by atoms with Gasteiger partial charge in [-0.25, -0.2) is 4.98 Å².